The normalized spacial score (nSPS) is 26.3. The maximum Gasteiger partial charge on any atom is 0.101 e. The van der Waals surface area contributed by atoms with Gasteiger partial charge in [0.15, 0.2) is 0 Å². The van der Waals surface area contributed by atoms with Gasteiger partial charge in [-0.3, -0.25) is 9.80 Å². The molecule has 2 fully saturated rings. The van der Waals surface area contributed by atoms with Crippen molar-refractivity contribution in [2.75, 3.05) is 44.7 Å². The van der Waals surface area contributed by atoms with Crippen molar-refractivity contribution in [1.82, 2.24) is 14.7 Å². The van der Waals surface area contributed by atoms with Crippen LogP contribution in [-0.4, -0.2) is 66.7 Å². The Morgan fingerprint density at radius 3 is 2.21 bits per heavy atom. The molecule has 0 bridgehead atoms. The summed E-state index contributed by atoms with van der Waals surface area (Å²) < 4.78 is 0. The van der Waals surface area contributed by atoms with E-state index < -0.39 is 0 Å². The van der Waals surface area contributed by atoms with Gasteiger partial charge in [-0.2, -0.15) is 0 Å². The summed E-state index contributed by atoms with van der Waals surface area (Å²) >= 11 is 19.0. The molecule has 3 heterocycles. The van der Waals surface area contributed by atoms with Crippen molar-refractivity contribution in [1.29, 1.82) is 0 Å². The molecule has 34 heavy (non-hydrogen) atoms. The second-order valence-corrected chi connectivity index (χ2v) is 10.7. The molecular weight excluding hydrogens is 487 g/mol. The van der Waals surface area contributed by atoms with Gasteiger partial charge in [0.05, 0.1) is 16.8 Å². The average molecular weight is 518 g/mol. The summed E-state index contributed by atoms with van der Waals surface area (Å²) in [4.78, 5) is 10.0. The number of hydrogen-bond donors (Lipinski definition) is 0. The lowest BCUT2D eigenvalue weighted by Crippen LogP contribution is -2.57. The Balaban J connectivity index is 1.32. The highest BCUT2D eigenvalue weighted by atomic mass is 35.5. The number of piperidine rings is 1. The molecule has 2 aromatic rings. The number of nitrogens with zero attached hydrogens (tertiary/aromatic N) is 4. The summed E-state index contributed by atoms with van der Waals surface area (Å²) in [5, 5.41) is 2.13. The molecule has 2 saturated heterocycles. The van der Waals surface area contributed by atoms with Gasteiger partial charge < -0.3 is 9.80 Å². The Kier molecular flexibility index (Phi) is 7.43. The van der Waals surface area contributed by atoms with Gasteiger partial charge in [-0.05, 0) is 60.9 Å². The van der Waals surface area contributed by atoms with Crippen LogP contribution in [0, 0.1) is 0 Å². The molecule has 0 saturated carbocycles. The van der Waals surface area contributed by atoms with Crippen LogP contribution < -0.4 is 4.90 Å². The zero-order chi connectivity index (χ0) is 23.7. The predicted molar refractivity (Wildman–Crippen MR) is 144 cm³/mol. The van der Waals surface area contributed by atoms with Crippen LogP contribution in [0.5, 0.6) is 0 Å². The van der Waals surface area contributed by atoms with Crippen molar-refractivity contribution >= 4 is 40.5 Å². The van der Waals surface area contributed by atoms with Gasteiger partial charge in [-0.15, -0.1) is 0 Å². The van der Waals surface area contributed by atoms with E-state index in [9.17, 15) is 0 Å². The number of hydrogen-bond acceptors (Lipinski definition) is 4. The second-order valence-electron chi connectivity index (χ2n) is 9.41. The van der Waals surface area contributed by atoms with Gasteiger partial charge in [0, 0.05) is 62.1 Å². The van der Waals surface area contributed by atoms with Crippen LogP contribution in [-0.2, 0) is 0 Å². The Labute approximate surface area is 218 Å². The fraction of sp³-hybridized carbons (Fsp3) is 0.407. The van der Waals surface area contributed by atoms with Crippen LogP contribution in [0.15, 0.2) is 66.9 Å². The van der Waals surface area contributed by atoms with E-state index in [1.807, 2.05) is 24.3 Å². The molecule has 3 atom stereocenters. The third kappa shape index (κ3) is 5.12. The molecule has 5 rings (SSSR count). The first-order valence-corrected chi connectivity index (χ1v) is 13.1. The Morgan fingerprint density at radius 1 is 0.794 bits per heavy atom. The fourth-order valence-electron chi connectivity index (χ4n) is 5.60. The highest BCUT2D eigenvalue weighted by Gasteiger charge is 2.35. The lowest BCUT2D eigenvalue weighted by Gasteiger charge is -2.48. The van der Waals surface area contributed by atoms with Gasteiger partial charge >= 0.3 is 0 Å². The van der Waals surface area contributed by atoms with Crippen LogP contribution in [0.1, 0.15) is 24.4 Å². The van der Waals surface area contributed by atoms with E-state index in [0.717, 1.165) is 56.3 Å². The van der Waals surface area contributed by atoms with E-state index in [-0.39, 0.29) is 6.04 Å². The van der Waals surface area contributed by atoms with Crippen LogP contribution in [0.4, 0.5) is 5.69 Å². The molecule has 0 aliphatic carbocycles. The van der Waals surface area contributed by atoms with E-state index in [1.165, 1.54) is 5.56 Å². The fourth-order valence-corrected chi connectivity index (χ4v) is 6.24. The molecule has 0 aromatic heterocycles. The number of likely N-dealkylation sites (N-methyl/N-ethyl adjacent to an activating group) is 1. The third-order valence-electron chi connectivity index (χ3n) is 7.42. The van der Waals surface area contributed by atoms with Crippen molar-refractivity contribution in [3.8, 4) is 0 Å². The number of allylic oxidation sites excluding steroid dienone is 2. The predicted octanol–water partition coefficient (Wildman–Crippen LogP) is 6.32. The zero-order valence-electron chi connectivity index (χ0n) is 19.5. The van der Waals surface area contributed by atoms with E-state index in [2.05, 4.69) is 69.3 Å². The first kappa shape index (κ1) is 24.0. The largest absolute Gasteiger partial charge is 0.363 e. The molecule has 3 unspecified atom stereocenters. The summed E-state index contributed by atoms with van der Waals surface area (Å²) in [7, 11) is 2.16. The van der Waals surface area contributed by atoms with Gasteiger partial charge in [-0.25, -0.2) is 0 Å². The molecule has 3 aliphatic heterocycles. The monoisotopic (exact) mass is 516 g/mol. The minimum atomic E-state index is 0.241. The summed E-state index contributed by atoms with van der Waals surface area (Å²) in [5.41, 5.74) is 2.33. The summed E-state index contributed by atoms with van der Waals surface area (Å²) in [5.74, 6) is 0. The van der Waals surface area contributed by atoms with Crippen molar-refractivity contribution in [3.05, 3.63) is 87.5 Å². The van der Waals surface area contributed by atoms with Gasteiger partial charge in [-0.1, -0.05) is 53.0 Å². The maximum absolute atomic E-state index is 6.65. The molecule has 4 nitrogen and oxygen atoms in total. The van der Waals surface area contributed by atoms with Crippen LogP contribution >= 0.6 is 34.8 Å². The quantitative estimate of drug-likeness (QED) is 0.471. The molecule has 180 valence electrons. The standard InChI is InChI=1S/C27H31Cl3N4/c1-31-12-3-2-4-27(31)33-16-14-32(15-17-33)23-11-13-34(25-10-9-22(29)18-24(25)30)26(19-23)20-5-7-21(28)8-6-20/h2-10,12,18,23,26-27H,11,13-17,19H2,1H3. The number of rotatable bonds is 4. The number of piperazine rings is 1. The topological polar surface area (TPSA) is 13.0 Å². The number of anilines is 1. The van der Waals surface area contributed by atoms with Gasteiger partial charge in [0.25, 0.3) is 0 Å². The Morgan fingerprint density at radius 2 is 1.50 bits per heavy atom. The van der Waals surface area contributed by atoms with Crippen molar-refractivity contribution in [2.45, 2.75) is 31.1 Å². The molecular formula is C27H31Cl3N4. The molecule has 0 N–H and O–H groups in total. The third-order valence-corrected chi connectivity index (χ3v) is 8.21. The minimum Gasteiger partial charge on any atom is -0.363 e. The molecule has 0 spiro atoms. The van der Waals surface area contributed by atoms with E-state index in [0.29, 0.717) is 22.3 Å². The summed E-state index contributed by atoms with van der Waals surface area (Å²) in [6, 6.07) is 14.9. The van der Waals surface area contributed by atoms with E-state index in [4.69, 9.17) is 34.8 Å². The summed E-state index contributed by atoms with van der Waals surface area (Å²) in [6.07, 6.45) is 11.3. The highest BCUT2D eigenvalue weighted by molar-refractivity contribution is 6.36. The zero-order valence-corrected chi connectivity index (χ0v) is 21.7. The lowest BCUT2D eigenvalue weighted by molar-refractivity contribution is 0.0357. The Hall–Kier alpha value is -1.69. The molecule has 0 amide bonds. The molecule has 7 heteroatoms. The van der Waals surface area contributed by atoms with Crippen LogP contribution in [0.25, 0.3) is 0 Å². The molecule has 0 radical (unpaired) electrons. The van der Waals surface area contributed by atoms with Gasteiger partial charge in [0.2, 0.25) is 0 Å². The number of halogens is 3. The SMILES string of the molecule is CN1C=CC=CC1N1CCN(C2CCN(c3ccc(Cl)cc3Cl)C(c3ccc(Cl)cc3)C2)CC1. The lowest BCUT2D eigenvalue weighted by atomic mass is 9.90. The molecule has 2 aromatic carbocycles. The summed E-state index contributed by atoms with van der Waals surface area (Å²) in [6.45, 7) is 5.33. The van der Waals surface area contributed by atoms with E-state index >= 15 is 0 Å². The van der Waals surface area contributed by atoms with Crippen molar-refractivity contribution in [2.24, 2.45) is 0 Å². The maximum atomic E-state index is 6.65. The number of benzene rings is 2. The first-order chi connectivity index (χ1) is 16.5. The second kappa shape index (κ2) is 10.5. The smallest absolute Gasteiger partial charge is 0.101 e. The van der Waals surface area contributed by atoms with Crippen LogP contribution in [0.3, 0.4) is 0 Å². The average Bonchev–Trinajstić information content (AvgIpc) is 2.85. The van der Waals surface area contributed by atoms with E-state index in [1.54, 1.807) is 0 Å². The molecule has 3 aliphatic rings. The Bertz CT molecular complexity index is 1050. The van der Waals surface area contributed by atoms with Crippen LogP contribution in [0.2, 0.25) is 15.1 Å². The minimum absolute atomic E-state index is 0.241. The highest BCUT2D eigenvalue weighted by Crippen LogP contribution is 2.41. The van der Waals surface area contributed by atoms with Crippen molar-refractivity contribution < 1.29 is 0 Å². The first-order valence-electron chi connectivity index (χ1n) is 12.0. The van der Waals surface area contributed by atoms with Gasteiger partial charge in [0.1, 0.15) is 6.17 Å². The van der Waals surface area contributed by atoms with Crippen molar-refractivity contribution in [3.63, 3.8) is 0 Å².